The first-order valence-electron chi connectivity index (χ1n) is 6.30. The molecule has 0 saturated carbocycles. The van der Waals surface area contributed by atoms with Gasteiger partial charge in [-0.05, 0) is 45.4 Å². The number of nitrogens with one attached hydrogen (secondary N) is 1. The van der Waals surface area contributed by atoms with Crippen molar-refractivity contribution in [1.82, 2.24) is 10.3 Å². The number of aryl methyl sites for hydroxylation is 1. The Morgan fingerprint density at radius 1 is 1.35 bits per heavy atom. The zero-order chi connectivity index (χ0) is 12.9. The maximum absolute atomic E-state index is 5.85. The summed E-state index contributed by atoms with van der Waals surface area (Å²) in [5.41, 5.74) is 2.13. The average Bonchev–Trinajstić information content (AvgIpc) is 2.25. The topological polar surface area (TPSA) is 34.2 Å². The number of likely N-dealkylation sites (N-methyl/N-ethyl adjacent to an activating group) is 1. The van der Waals surface area contributed by atoms with E-state index in [2.05, 4.69) is 44.1 Å². The summed E-state index contributed by atoms with van der Waals surface area (Å²) in [7, 11) is 0. The Kier molecular flexibility index (Phi) is 5.09. The molecule has 0 aromatic carbocycles. The summed E-state index contributed by atoms with van der Waals surface area (Å²) in [6.45, 7) is 12.1. The predicted molar refractivity (Wildman–Crippen MR) is 71.1 cm³/mol. The first-order chi connectivity index (χ1) is 8.01. The van der Waals surface area contributed by atoms with Gasteiger partial charge in [-0.25, -0.2) is 0 Å². The largest absolute Gasteiger partial charge is 0.374 e. The van der Waals surface area contributed by atoms with E-state index in [4.69, 9.17) is 4.74 Å². The van der Waals surface area contributed by atoms with Crippen LogP contribution in [-0.4, -0.2) is 23.7 Å². The molecule has 1 aromatic rings. The number of aromatic nitrogens is 1. The highest BCUT2D eigenvalue weighted by Crippen LogP contribution is 2.28. The lowest BCUT2D eigenvalue weighted by Crippen LogP contribution is -2.41. The summed E-state index contributed by atoms with van der Waals surface area (Å²) >= 11 is 0. The summed E-state index contributed by atoms with van der Waals surface area (Å²) in [5.74, 6) is 0. The second-order valence-corrected chi connectivity index (χ2v) is 4.82. The van der Waals surface area contributed by atoms with Crippen LogP contribution < -0.4 is 5.32 Å². The average molecular weight is 236 g/mol. The van der Waals surface area contributed by atoms with Crippen molar-refractivity contribution in [2.24, 2.45) is 0 Å². The number of hydrogen-bond donors (Lipinski definition) is 1. The quantitative estimate of drug-likeness (QED) is 0.824. The summed E-state index contributed by atoms with van der Waals surface area (Å²) in [6, 6.07) is 2.33. The van der Waals surface area contributed by atoms with Gasteiger partial charge in [0.05, 0.1) is 11.6 Å². The molecule has 1 heterocycles. The van der Waals surface area contributed by atoms with E-state index < -0.39 is 0 Å². The zero-order valence-corrected chi connectivity index (χ0v) is 11.6. The first kappa shape index (κ1) is 14.1. The Labute approximate surface area is 105 Å². The summed E-state index contributed by atoms with van der Waals surface area (Å²) in [6.07, 6.45) is 3.79. The molecule has 1 unspecified atom stereocenters. The van der Waals surface area contributed by atoms with Crippen molar-refractivity contribution < 1.29 is 4.74 Å². The van der Waals surface area contributed by atoms with Crippen LogP contribution >= 0.6 is 0 Å². The Balaban J connectivity index is 3.00. The van der Waals surface area contributed by atoms with Crippen LogP contribution in [0, 0.1) is 6.92 Å². The molecule has 0 fully saturated rings. The molecule has 17 heavy (non-hydrogen) atoms. The van der Waals surface area contributed by atoms with E-state index in [0.717, 1.165) is 6.54 Å². The first-order valence-corrected chi connectivity index (χ1v) is 6.30. The number of rotatable bonds is 6. The highest BCUT2D eigenvalue weighted by Gasteiger charge is 2.30. The second kappa shape index (κ2) is 6.12. The van der Waals surface area contributed by atoms with Crippen LogP contribution in [0.4, 0.5) is 0 Å². The molecular weight excluding hydrogens is 212 g/mol. The standard InChI is InChI=1S/C14H24N2O/c1-6-16-13(14(4,5)17-7-2)12-8-11(3)9-15-10-12/h8-10,13,16H,6-7H2,1-5H3. The Morgan fingerprint density at radius 3 is 2.59 bits per heavy atom. The van der Waals surface area contributed by atoms with Crippen molar-refractivity contribution in [2.75, 3.05) is 13.2 Å². The molecule has 0 bridgehead atoms. The highest BCUT2D eigenvalue weighted by atomic mass is 16.5. The molecule has 1 atom stereocenters. The molecule has 1 aromatic heterocycles. The van der Waals surface area contributed by atoms with E-state index >= 15 is 0 Å². The molecule has 0 saturated heterocycles. The third-order valence-electron chi connectivity index (χ3n) is 2.85. The molecule has 0 radical (unpaired) electrons. The molecule has 3 heteroatoms. The lowest BCUT2D eigenvalue weighted by Gasteiger charge is -2.35. The third kappa shape index (κ3) is 3.79. The zero-order valence-electron chi connectivity index (χ0n) is 11.6. The number of pyridine rings is 1. The molecule has 3 nitrogen and oxygen atoms in total. The van der Waals surface area contributed by atoms with Gasteiger partial charge >= 0.3 is 0 Å². The normalized spacial score (nSPS) is 13.7. The molecule has 1 rings (SSSR count). The van der Waals surface area contributed by atoms with Crippen LogP contribution in [0.25, 0.3) is 0 Å². The van der Waals surface area contributed by atoms with Crippen molar-refractivity contribution in [3.05, 3.63) is 29.6 Å². The minimum absolute atomic E-state index is 0.167. The van der Waals surface area contributed by atoms with E-state index in [1.807, 2.05) is 19.3 Å². The Morgan fingerprint density at radius 2 is 2.06 bits per heavy atom. The van der Waals surface area contributed by atoms with E-state index in [1.165, 1.54) is 11.1 Å². The van der Waals surface area contributed by atoms with Crippen LogP contribution in [0.3, 0.4) is 0 Å². The van der Waals surface area contributed by atoms with E-state index in [-0.39, 0.29) is 11.6 Å². The van der Waals surface area contributed by atoms with Gasteiger partial charge < -0.3 is 10.1 Å². The molecule has 0 aliphatic carbocycles. The van der Waals surface area contributed by atoms with Crippen LogP contribution in [0.2, 0.25) is 0 Å². The lowest BCUT2D eigenvalue weighted by atomic mass is 9.92. The van der Waals surface area contributed by atoms with Gasteiger partial charge in [0.25, 0.3) is 0 Å². The van der Waals surface area contributed by atoms with E-state index in [1.54, 1.807) is 0 Å². The molecular formula is C14H24N2O. The second-order valence-electron chi connectivity index (χ2n) is 4.82. The Hall–Kier alpha value is -0.930. The van der Waals surface area contributed by atoms with Crippen LogP contribution in [0.15, 0.2) is 18.5 Å². The van der Waals surface area contributed by atoms with Crippen molar-refractivity contribution >= 4 is 0 Å². The maximum Gasteiger partial charge on any atom is 0.0820 e. The van der Waals surface area contributed by atoms with Crippen LogP contribution in [0.5, 0.6) is 0 Å². The van der Waals surface area contributed by atoms with Crippen molar-refractivity contribution in [2.45, 2.75) is 46.3 Å². The molecule has 1 N–H and O–H groups in total. The number of nitrogens with zero attached hydrogens (tertiary/aromatic N) is 1. The summed E-state index contributed by atoms with van der Waals surface area (Å²) < 4.78 is 5.85. The number of hydrogen-bond acceptors (Lipinski definition) is 3. The molecule has 0 spiro atoms. The Bertz CT molecular complexity index is 350. The third-order valence-corrected chi connectivity index (χ3v) is 2.85. The minimum Gasteiger partial charge on any atom is -0.374 e. The predicted octanol–water partition coefficient (Wildman–Crippen LogP) is 2.86. The monoisotopic (exact) mass is 236 g/mol. The lowest BCUT2D eigenvalue weighted by molar-refractivity contribution is -0.0389. The van der Waals surface area contributed by atoms with Crippen LogP contribution in [-0.2, 0) is 4.74 Å². The van der Waals surface area contributed by atoms with Gasteiger partial charge in [0.1, 0.15) is 0 Å². The van der Waals surface area contributed by atoms with Gasteiger partial charge in [0.15, 0.2) is 0 Å². The molecule has 0 aliphatic rings. The molecule has 0 aliphatic heterocycles. The summed E-state index contributed by atoms with van der Waals surface area (Å²) in [5, 5.41) is 3.49. The SMILES string of the molecule is CCNC(c1cncc(C)c1)C(C)(C)OCC. The fourth-order valence-corrected chi connectivity index (χ4v) is 2.16. The molecule has 96 valence electrons. The fourth-order valence-electron chi connectivity index (χ4n) is 2.16. The van der Waals surface area contributed by atoms with Gasteiger partial charge in [-0.1, -0.05) is 13.0 Å². The van der Waals surface area contributed by atoms with E-state index in [0.29, 0.717) is 6.61 Å². The summed E-state index contributed by atoms with van der Waals surface area (Å²) in [4.78, 5) is 4.27. The van der Waals surface area contributed by atoms with Crippen molar-refractivity contribution in [3.8, 4) is 0 Å². The van der Waals surface area contributed by atoms with Gasteiger partial charge in [-0.3, -0.25) is 4.98 Å². The smallest absolute Gasteiger partial charge is 0.0820 e. The van der Waals surface area contributed by atoms with Crippen LogP contribution in [0.1, 0.15) is 44.9 Å². The van der Waals surface area contributed by atoms with Gasteiger partial charge in [-0.15, -0.1) is 0 Å². The van der Waals surface area contributed by atoms with Crippen molar-refractivity contribution in [1.29, 1.82) is 0 Å². The fraction of sp³-hybridized carbons (Fsp3) is 0.643. The van der Waals surface area contributed by atoms with Crippen molar-refractivity contribution in [3.63, 3.8) is 0 Å². The van der Waals surface area contributed by atoms with Gasteiger partial charge in [-0.2, -0.15) is 0 Å². The van der Waals surface area contributed by atoms with Gasteiger partial charge in [0, 0.05) is 19.0 Å². The number of ether oxygens (including phenoxy) is 1. The highest BCUT2D eigenvalue weighted by molar-refractivity contribution is 5.22. The van der Waals surface area contributed by atoms with E-state index in [9.17, 15) is 0 Å². The molecule has 0 amide bonds. The minimum atomic E-state index is -0.236. The van der Waals surface area contributed by atoms with Gasteiger partial charge in [0.2, 0.25) is 0 Å². The maximum atomic E-state index is 5.85.